The van der Waals surface area contributed by atoms with Gasteiger partial charge in [-0.3, -0.25) is 29.3 Å². The molecule has 158 valence electrons. The zero-order chi connectivity index (χ0) is 21.3. The summed E-state index contributed by atoms with van der Waals surface area (Å²) in [5, 5.41) is 21.3. The maximum absolute atomic E-state index is 12.3. The first-order valence-electron chi connectivity index (χ1n) is 9.05. The van der Waals surface area contributed by atoms with Crippen molar-refractivity contribution in [3.63, 3.8) is 0 Å². The Morgan fingerprint density at radius 1 is 1.45 bits per heavy atom. The zero-order valence-electron chi connectivity index (χ0n) is 16.2. The number of aliphatic hydroxyl groups is 1. The molecule has 0 saturated carbocycles. The number of imidazole rings is 1. The van der Waals surface area contributed by atoms with Gasteiger partial charge < -0.3 is 19.7 Å². The average Bonchev–Trinajstić information content (AvgIpc) is 3.22. The number of hydrogen-bond acceptors (Lipinski definition) is 8. The summed E-state index contributed by atoms with van der Waals surface area (Å²) in [5.74, 6) is -2.36. The number of carboxylic acids is 1. The third-order valence-electron chi connectivity index (χ3n) is 4.83. The van der Waals surface area contributed by atoms with Crippen LogP contribution in [0, 0.1) is 11.8 Å². The number of aliphatic hydroxyl groups excluding tert-OH is 1. The molecule has 1 saturated heterocycles. The number of carboxylic acid groups (broad SMARTS) is 1. The van der Waals surface area contributed by atoms with Crippen LogP contribution in [-0.4, -0.2) is 67.5 Å². The quantitative estimate of drug-likeness (QED) is 0.480. The normalized spacial score (nSPS) is 24.3. The molecule has 12 nitrogen and oxygen atoms in total. The fraction of sp³-hybridized carbons (Fsp3) is 0.588. The van der Waals surface area contributed by atoms with Crippen molar-refractivity contribution in [2.45, 2.75) is 38.7 Å². The van der Waals surface area contributed by atoms with Crippen molar-refractivity contribution >= 4 is 29.0 Å². The Morgan fingerprint density at radius 3 is 2.76 bits per heavy atom. The molecule has 0 unspecified atom stereocenters. The van der Waals surface area contributed by atoms with Crippen molar-refractivity contribution in [2.24, 2.45) is 11.8 Å². The van der Waals surface area contributed by atoms with Crippen molar-refractivity contribution in [2.75, 3.05) is 19.0 Å². The fourth-order valence-electron chi connectivity index (χ4n) is 3.36. The minimum atomic E-state index is -1.05. The molecule has 1 fully saturated rings. The largest absolute Gasteiger partial charge is 0.481 e. The van der Waals surface area contributed by atoms with Gasteiger partial charge in [0.05, 0.1) is 25.5 Å². The number of amides is 1. The minimum Gasteiger partial charge on any atom is -0.481 e. The summed E-state index contributed by atoms with van der Waals surface area (Å²) in [7, 11) is 1.41. The van der Waals surface area contributed by atoms with Crippen molar-refractivity contribution in [1.29, 1.82) is 0 Å². The van der Waals surface area contributed by atoms with Crippen molar-refractivity contribution in [3.05, 3.63) is 16.7 Å². The molecule has 0 bridgehead atoms. The smallest absolute Gasteiger partial charge is 0.303 e. The molecule has 2 aromatic rings. The Bertz CT molecular complexity index is 969. The number of rotatable bonds is 7. The zero-order valence-corrected chi connectivity index (χ0v) is 16.2. The predicted molar refractivity (Wildman–Crippen MR) is 99.2 cm³/mol. The second-order valence-corrected chi connectivity index (χ2v) is 7.09. The van der Waals surface area contributed by atoms with E-state index in [9.17, 15) is 24.6 Å². The molecule has 0 spiro atoms. The molecule has 12 heteroatoms. The van der Waals surface area contributed by atoms with Gasteiger partial charge in [-0.05, 0) is 0 Å². The maximum atomic E-state index is 12.3. The standard InChI is InChI=1S/C17H23N5O7/c1-7(2)14(26)20-17-19-13-11(15(27)21-17)18-6-22(13)16-12(28-3)8(4-10(24)25)9(5-23)29-16/h6-9,12,16,23H,4-5H2,1-3H3,(H,24,25)(H2,19,20,21,26,27)/t8-,9-,12-,16-/m1/s1. The van der Waals surface area contributed by atoms with Crippen LogP contribution in [0.25, 0.3) is 11.2 Å². The van der Waals surface area contributed by atoms with E-state index in [-0.39, 0.29) is 35.4 Å². The second kappa shape index (κ2) is 8.27. The highest BCUT2D eigenvalue weighted by Gasteiger charge is 2.47. The Labute approximate surface area is 164 Å². The summed E-state index contributed by atoms with van der Waals surface area (Å²) in [6.07, 6.45) is -1.31. The van der Waals surface area contributed by atoms with Gasteiger partial charge in [-0.2, -0.15) is 4.98 Å². The van der Waals surface area contributed by atoms with Crippen LogP contribution in [0.15, 0.2) is 11.1 Å². The van der Waals surface area contributed by atoms with Gasteiger partial charge in [0, 0.05) is 18.9 Å². The van der Waals surface area contributed by atoms with Crippen LogP contribution in [-0.2, 0) is 19.1 Å². The van der Waals surface area contributed by atoms with Crippen LogP contribution in [0.5, 0.6) is 0 Å². The molecule has 3 heterocycles. The molecule has 1 aliphatic rings. The first-order valence-corrected chi connectivity index (χ1v) is 9.05. The predicted octanol–water partition coefficient (Wildman–Crippen LogP) is -0.290. The Hall–Kier alpha value is -2.83. The number of ether oxygens (including phenoxy) is 2. The van der Waals surface area contributed by atoms with Crippen LogP contribution in [0.3, 0.4) is 0 Å². The van der Waals surface area contributed by atoms with Crippen LogP contribution < -0.4 is 10.9 Å². The molecule has 2 aromatic heterocycles. The number of hydrogen-bond donors (Lipinski definition) is 4. The lowest BCUT2D eigenvalue weighted by Crippen LogP contribution is -2.31. The van der Waals surface area contributed by atoms with Gasteiger partial charge in [0.2, 0.25) is 11.9 Å². The van der Waals surface area contributed by atoms with Crippen molar-refractivity contribution < 1.29 is 29.3 Å². The number of aromatic amines is 1. The number of anilines is 1. The van der Waals surface area contributed by atoms with E-state index in [1.165, 1.54) is 18.0 Å². The summed E-state index contributed by atoms with van der Waals surface area (Å²) in [6, 6.07) is 0. The molecule has 0 aliphatic carbocycles. The molecule has 4 atom stereocenters. The van der Waals surface area contributed by atoms with Gasteiger partial charge in [-0.25, -0.2) is 4.98 Å². The number of carbonyl (C=O) groups excluding carboxylic acids is 1. The van der Waals surface area contributed by atoms with Gasteiger partial charge in [0.15, 0.2) is 17.4 Å². The molecule has 29 heavy (non-hydrogen) atoms. The summed E-state index contributed by atoms with van der Waals surface area (Å²) >= 11 is 0. The number of aliphatic carboxylic acids is 1. The monoisotopic (exact) mass is 409 g/mol. The van der Waals surface area contributed by atoms with Crippen molar-refractivity contribution in [1.82, 2.24) is 19.5 Å². The Morgan fingerprint density at radius 2 is 2.17 bits per heavy atom. The van der Waals surface area contributed by atoms with E-state index < -0.39 is 42.5 Å². The minimum absolute atomic E-state index is 0.0215. The number of nitrogens with zero attached hydrogens (tertiary/aromatic N) is 3. The van der Waals surface area contributed by atoms with Gasteiger partial charge >= 0.3 is 5.97 Å². The lowest BCUT2D eigenvalue weighted by Gasteiger charge is -2.22. The highest BCUT2D eigenvalue weighted by atomic mass is 16.6. The van der Waals surface area contributed by atoms with E-state index in [2.05, 4.69) is 20.3 Å². The number of methoxy groups -OCH3 is 1. The molecular weight excluding hydrogens is 386 g/mol. The first-order chi connectivity index (χ1) is 13.8. The van der Waals surface area contributed by atoms with E-state index in [4.69, 9.17) is 9.47 Å². The average molecular weight is 409 g/mol. The van der Waals surface area contributed by atoms with Crippen LogP contribution in [0.1, 0.15) is 26.5 Å². The van der Waals surface area contributed by atoms with E-state index >= 15 is 0 Å². The topological polar surface area (TPSA) is 169 Å². The molecule has 0 radical (unpaired) electrons. The maximum Gasteiger partial charge on any atom is 0.303 e. The van der Waals surface area contributed by atoms with E-state index in [0.29, 0.717) is 0 Å². The third kappa shape index (κ3) is 3.99. The molecular formula is C17H23N5O7. The van der Waals surface area contributed by atoms with Gasteiger partial charge in [0.1, 0.15) is 6.10 Å². The number of aromatic nitrogens is 4. The molecule has 1 amide bonds. The number of fused-ring (bicyclic) bond motifs is 1. The van der Waals surface area contributed by atoms with Crippen molar-refractivity contribution in [3.8, 4) is 0 Å². The summed E-state index contributed by atoms with van der Waals surface area (Å²) in [4.78, 5) is 46.3. The highest BCUT2D eigenvalue weighted by Crippen LogP contribution is 2.38. The van der Waals surface area contributed by atoms with Gasteiger partial charge in [-0.1, -0.05) is 13.8 Å². The molecule has 0 aromatic carbocycles. The SMILES string of the molecule is CO[C@@H]1[C@H](CC(=O)O)[C@@H](CO)O[C@H]1n1cnc2c(=O)[nH]c(NC(=O)C(C)C)nc21. The first kappa shape index (κ1) is 20.9. The van der Waals surface area contributed by atoms with Gasteiger partial charge in [-0.15, -0.1) is 0 Å². The fourth-order valence-corrected chi connectivity index (χ4v) is 3.36. The number of carbonyl (C=O) groups is 2. The Balaban J connectivity index is 2.02. The third-order valence-corrected chi connectivity index (χ3v) is 4.83. The lowest BCUT2D eigenvalue weighted by atomic mass is 9.94. The summed E-state index contributed by atoms with van der Waals surface area (Å²) < 4.78 is 12.7. The lowest BCUT2D eigenvalue weighted by molar-refractivity contribution is -0.139. The van der Waals surface area contributed by atoms with E-state index in [0.717, 1.165) is 0 Å². The summed E-state index contributed by atoms with van der Waals surface area (Å²) in [5.41, 5.74) is -0.402. The second-order valence-electron chi connectivity index (χ2n) is 7.09. The number of H-pyrrole nitrogens is 1. The Kier molecular flexibility index (Phi) is 5.96. The molecule has 1 aliphatic heterocycles. The molecule has 3 rings (SSSR count). The molecule has 4 N–H and O–H groups in total. The summed E-state index contributed by atoms with van der Waals surface area (Å²) in [6.45, 7) is 3.00. The number of nitrogens with one attached hydrogen (secondary N) is 2. The highest BCUT2D eigenvalue weighted by molar-refractivity contribution is 5.91. The van der Waals surface area contributed by atoms with Gasteiger partial charge in [0.25, 0.3) is 5.56 Å². The van der Waals surface area contributed by atoms with Crippen LogP contribution in [0.4, 0.5) is 5.95 Å². The van der Waals surface area contributed by atoms with Crippen LogP contribution >= 0.6 is 0 Å². The van der Waals surface area contributed by atoms with E-state index in [1.807, 2.05) is 0 Å². The van der Waals surface area contributed by atoms with E-state index in [1.54, 1.807) is 13.8 Å². The van der Waals surface area contributed by atoms with Crippen LogP contribution in [0.2, 0.25) is 0 Å².